The Morgan fingerprint density at radius 3 is 2.27 bits per heavy atom. The van der Waals surface area contributed by atoms with Crippen molar-refractivity contribution >= 4 is 0 Å². The van der Waals surface area contributed by atoms with Crippen molar-refractivity contribution in [3.05, 3.63) is 24.0 Å². The van der Waals surface area contributed by atoms with E-state index < -0.39 is 0 Å². The Bertz CT molecular complexity index is 418. The van der Waals surface area contributed by atoms with Crippen LogP contribution >= 0.6 is 0 Å². The molecule has 2 fully saturated rings. The van der Waals surface area contributed by atoms with E-state index in [-0.39, 0.29) is 0 Å². The van der Waals surface area contributed by atoms with E-state index in [1.165, 1.54) is 18.4 Å². The van der Waals surface area contributed by atoms with Crippen LogP contribution in [0.25, 0.3) is 0 Å². The van der Waals surface area contributed by atoms with E-state index in [1.54, 1.807) is 6.20 Å². The summed E-state index contributed by atoms with van der Waals surface area (Å²) in [6.07, 6.45) is 7.30. The first-order valence-electron chi connectivity index (χ1n) is 8.43. The molecule has 3 heterocycles. The summed E-state index contributed by atoms with van der Waals surface area (Å²) in [5.41, 5.74) is 1.27. The molecule has 5 heteroatoms. The van der Waals surface area contributed by atoms with Gasteiger partial charge in [-0.05, 0) is 57.8 Å². The first-order chi connectivity index (χ1) is 10.8. The Hall–Kier alpha value is -1.17. The smallest absolute Gasteiger partial charge is 0.137 e. The molecule has 124 valence electrons. The summed E-state index contributed by atoms with van der Waals surface area (Å²) in [5.74, 6) is 0.899. The van der Waals surface area contributed by atoms with Crippen LogP contribution in [0.1, 0.15) is 32.3 Å². The van der Waals surface area contributed by atoms with E-state index in [2.05, 4.69) is 21.7 Å². The summed E-state index contributed by atoms with van der Waals surface area (Å²) < 4.78 is 10.6. The van der Waals surface area contributed by atoms with Gasteiger partial charge in [-0.1, -0.05) is 0 Å². The van der Waals surface area contributed by atoms with Gasteiger partial charge in [-0.3, -0.25) is 4.98 Å². The van der Waals surface area contributed by atoms with Crippen LogP contribution in [0.2, 0.25) is 0 Å². The fourth-order valence-electron chi connectivity index (χ4n) is 2.35. The zero-order valence-corrected chi connectivity index (χ0v) is 13.8. The zero-order chi connectivity index (χ0) is 15.6. The third kappa shape index (κ3) is 5.91. The maximum absolute atomic E-state index is 5.74. The summed E-state index contributed by atoms with van der Waals surface area (Å²) in [6.45, 7) is 8.70. The van der Waals surface area contributed by atoms with Gasteiger partial charge in [0.1, 0.15) is 12.4 Å². The highest BCUT2D eigenvalue weighted by molar-refractivity contribution is 5.24. The predicted molar refractivity (Wildman–Crippen MR) is 88.4 cm³/mol. The maximum Gasteiger partial charge on any atom is 0.137 e. The topological polar surface area (TPSA) is 55.4 Å². The highest BCUT2D eigenvalue weighted by Gasteiger charge is 2.18. The van der Waals surface area contributed by atoms with Gasteiger partial charge in [0, 0.05) is 31.5 Å². The average molecular weight is 307 g/mol. The molecule has 22 heavy (non-hydrogen) atoms. The fourth-order valence-corrected chi connectivity index (χ4v) is 2.35. The number of nitrogens with zero attached hydrogens (tertiary/aromatic N) is 1. The average Bonchev–Trinajstić information content (AvgIpc) is 2.43. The zero-order valence-electron chi connectivity index (χ0n) is 13.8. The maximum atomic E-state index is 5.74. The monoisotopic (exact) mass is 307 g/mol. The van der Waals surface area contributed by atoms with Crippen LogP contribution in [-0.4, -0.2) is 50.0 Å². The number of aromatic nitrogens is 1. The second kappa shape index (κ2) is 9.77. The van der Waals surface area contributed by atoms with Crippen LogP contribution in [0.3, 0.4) is 0 Å². The van der Waals surface area contributed by atoms with E-state index in [4.69, 9.17) is 9.47 Å². The van der Waals surface area contributed by atoms with Gasteiger partial charge in [0.2, 0.25) is 0 Å². The summed E-state index contributed by atoms with van der Waals surface area (Å²) >= 11 is 0. The molecular weight excluding hydrogens is 278 g/mol. The lowest BCUT2D eigenvalue weighted by atomic mass is 9.99. The van der Waals surface area contributed by atoms with Gasteiger partial charge in [-0.15, -0.1) is 0 Å². The van der Waals surface area contributed by atoms with Gasteiger partial charge in [0.05, 0.1) is 6.20 Å². The van der Waals surface area contributed by atoms with Crippen LogP contribution in [0.15, 0.2) is 18.5 Å². The number of hydrogen-bond acceptors (Lipinski definition) is 5. The number of pyridine rings is 1. The Balaban J connectivity index is 0.000000309. The lowest BCUT2D eigenvalue weighted by Gasteiger charge is -2.28. The molecule has 2 aliphatic heterocycles. The van der Waals surface area contributed by atoms with Crippen molar-refractivity contribution in [1.29, 1.82) is 0 Å². The SMILES string of the molecule is CCOCC.c1ncc(OCC2CCN2)cc1CC1CCN1. The minimum atomic E-state index is 0.534. The van der Waals surface area contributed by atoms with Gasteiger partial charge in [0.25, 0.3) is 0 Å². The van der Waals surface area contributed by atoms with Crippen molar-refractivity contribution in [3.8, 4) is 5.75 Å². The molecule has 0 aromatic carbocycles. The minimum absolute atomic E-state index is 0.534. The lowest BCUT2D eigenvalue weighted by molar-refractivity contribution is 0.162. The van der Waals surface area contributed by atoms with Crippen LogP contribution in [0.5, 0.6) is 5.75 Å². The molecule has 0 spiro atoms. The molecule has 0 bridgehead atoms. The first-order valence-corrected chi connectivity index (χ1v) is 8.43. The number of hydrogen-bond donors (Lipinski definition) is 2. The quantitative estimate of drug-likeness (QED) is 0.804. The molecule has 2 atom stereocenters. The standard InChI is InChI=1S/C13H19N3O.C4H10O/c1-3-15-11(1)5-10-6-13(8-14-7-10)17-9-12-2-4-16-12;1-3-5-4-2/h6-8,11-12,15-16H,1-5,9H2;3-4H2,1-2H3. The van der Waals surface area contributed by atoms with Crippen LogP contribution in [-0.2, 0) is 11.2 Å². The van der Waals surface area contributed by atoms with Crippen LogP contribution in [0.4, 0.5) is 0 Å². The van der Waals surface area contributed by atoms with Gasteiger partial charge < -0.3 is 20.1 Å². The Kier molecular flexibility index (Phi) is 7.63. The van der Waals surface area contributed by atoms with Gasteiger partial charge in [0.15, 0.2) is 0 Å². The lowest BCUT2D eigenvalue weighted by Crippen LogP contribution is -2.46. The van der Waals surface area contributed by atoms with Crippen molar-refractivity contribution in [2.75, 3.05) is 32.9 Å². The molecule has 0 saturated carbocycles. The van der Waals surface area contributed by atoms with Crippen molar-refractivity contribution < 1.29 is 9.47 Å². The molecule has 5 nitrogen and oxygen atoms in total. The van der Waals surface area contributed by atoms with Crippen LogP contribution < -0.4 is 15.4 Å². The molecule has 3 rings (SSSR count). The second-order valence-corrected chi connectivity index (χ2v) is 5.70. The number of rotatable bonds is 7. The Morgan fingerprint density at radius 2 is 1.77 bits per heavy atom. The number of nitrogens with one attached hydrogen (secondary N) is 2. The molecule has 0 radical (unpaired) electrons. The summed E-state index contributed by atoms with van der Waals surface area (Å²) in [6, 6.07) is 3.29. The van der Waals surface area contributed by atoms with E-state index in [1.807, 2.05) is 20.0 Å². The minimum Gasteiger partial charge on any atom is -0.490 e. The first kappa shape index (κ1) is 17.2. The Morgan fingerprint density at radius 1 is 1.09 bits per heavy atom. The van der Waals surface area contributed by atoms with Crippen molar-refractivity contribution in [3.63, 3.8) is 0 Å². The summed E-state index contributed by atoms with van der Waals surface area (Å²) in [7, 11) is 0. The van der Waals surface area contributed by atoms with E-state index in [0.717, 1.165) is 45.1 Å². The van der Waals surface area contributed by atoms with Crippen molar-refractivity contribution in [1.82, 2.24) is 15.6 Å². The van der Waals surface area contributed by atoms with Gasteiger partial charge in [-0.25, -0.2) is 0 Å². The van der Waals surface area contributed by atoms with Crippen molar-refractivity contribution in [2.24, 2.45) is 0 Å². The Labute approximate surface area is 133 Å². The number of ether oxygens (including phenoxy) is 2. The van der Waals surface area contributed by atoms with Gasteiger partial charge >= 0.3 is 0 Å². The van der Waals surface area contributed by atoms with Crippen molar-refractivity contribution in [2.45, 2.75) is 45.2 Å². The molecular formula is C17H29N3O2. The van der Waals surface area contributed by atoms with E-state index >= 15 is 0 Å². The third-order valence-corrected chi connectivity index (χ3v) is 3.96. The highest BCUT2D eigenvalue weighted by Crippen LogP contribution is 2.16. The molecule has 2 unspecified atom stereocenters. The molecule has 2 saturated heterocycles. The summed E-state index contributed by atoms with van der Waals surface area (Å²) in [5, 5.41) is 6.73. The highest BCUT2D eigenvalue weighted by atomic mass is 16.5. The molecule has 0 aliphatic carbocycles. The van der Waals surface area contributed by atoms with Gasteiger partial charge in [-0.2, -0.15) is 0 Å². The summed E-state index contributed by atoms with van der Waals surface area (Å²) in [4.78, 5) is 4.24. The molecule has 1 aromatic rings. The second-order valence-electron chi connectivity index (χ2n) is 5.70. The third-order valence-electron chi connectivity index (χ3n) is 3.96. The predicted octanol–water partition coefficient (Wildman–Crippen LogP) is 1.77. The van der Waals surface area contributed by atoms with E-state index in [9.17, 15) is 0 Å². The molecule has 1 aromatic heterocycles. The van der Waals surface area contributed by atoms with Crippen LogP contribution in [0, 0.1) is 0 Å². The molecule has 0 amide bonds. The largest absolute Gasteiger partial charge is 0.490 e. The molecule has 2 N–H and O–H groups in total. The van der Waals surface area contributed by atoms with E-state index in [0.29, 0.717) is 12.1 Å². The fraction of sp³-hybridized carbons (Fsp3) is 0.706. The molecule has 2 aliphatic rings. The normalized spacial score (nSPS) is 22.8.